The van der Waals surface area contributed by atoms with Crippen molar-refractivity contribution in [2.45, 2.75) is 55.3 Å². The van der Waals surface area contributed by atoms with E-state index < -0.39 is 9.84 Å². The third kappa shape index (κ3) is 3.36. The molecule has 2 aliphatic rings. The molecule has 27 heavy (non-hydrogen) atoms. The Balaban J connectivity index is 1.51. The summed E-state index contributed by atoms with van der Waals surface area (Å²) in [5.41, 5.74) is 1.63. The molecule has 0 spiro atoms. The number of aromatic nitrogens is 1. The summed E-state index contributed by atoms with van der Waals surface area (Å²) in [6.07, 6.45) is 5.41. The molecule has 0 bridgehead atoms. The van der Waals surface area contributed by atoms with E-state index in [9.17, 15) is 13.2 Å². The van der Waals surface area contributed by atoms with Gasteiger partial charge < -0.3 is 14.8 Å². The molecule has 6 nitrogen and oxygen atoms in total. The van der Waals surface area contributed by atoms with E-state index in [2.05, 4.69) is 9.88 Å². The van der Waals surface area contributed by atoms with Crippen LogP contribution in [0.5, 0.6) is 0 Å². The summed E-state index contributed by atoms with van der Waals surface area (Å²) < 4.78 is 27.8. The summed E-state index contributed by atoms with van der Waals surface area (Å²) in [5, 5.41) is 2.59. The van der Waals surface area contributed by atoms with Gasteiger partial charge in [-0.2, -0.15) is 0 Å². The first-order chi connectivity index (χ1) is 13.0. The Bertz CT molecular complexity index is 945. The van der Waals surface area contributed by atoms with Crippen molar-refractivity contribution < 1.29 is 13.2 Å². The molecule has 1 atom stereocenters. The van der Waals surface area contributed by atoms with Gasteiger partial charge in [-0.1, -0.05) is 18.9 Å². The van der Waals surface area contributed by atoms with E-state index in [1.165, 1.54) is 0 Å². The van der Waals surface area contributed by atoms with Crippen LogP contribution < -0.4 is 5.32 Å². The summed E-state index contributed by atoms with van der Waals surface area (Å²) in [7, 11) is -3.33. The molecule has 0 saturated heterocycles. The number of benzene rings is 1. The lowest BCUT2D eigenvalue weighted by atomic mass is 10.1. The number of carbonyl (C=O) groups is 1. The fraction of sp³-hybridized carbons (Fsp3) is 0.450. The van der Waals surface area contributed by atoms with Crippen LogP contribution in [0.15, 0.2) is 47.5 Å². The molecular weight excluding hydrogens is 362 g/mol. The Morgan fingerprint density at radius 2 is 1.89 bits per heavy atom. The van der Waals surface area contributed by atoms with E-state index in [-0.39, 0.29) is 17.3 Å². The second-order valence-corrected chi connectivity index (χ2v) is 9.63. The standard InChI is InChI=1S/C20H25N3O3S/c1-15-19-10-5-11-22(19)12-13-23(15)20(24)21-16-6-4-9-18(14-16)27(25,26)17-7-2-3-8-17/h4-6,9-11,14-15,17H,2-3,7-8,12-13H2,1H3,(H,21,24)/t15-/m1/s1. The van der Waals surface area contributed by atoms with E-state index in [1.54, 1.807) is 29.2 Å². The largest absolute Gasteiger partial charge is 0.348 e. The molecule has 1 aliphatic carbocycles. The normalized spacial score (nSPS) is 20.5. The minimum Gasteiger partial charge on any atom is -0.348 e. The van der Waals surface area contributed by atoms with Gasteiger partial charge in [0.15, 0.2) is 9.84 Å². The molecule has 1 fully saturated rings. The Morgan fingerprint density at radius 3 is 2.67 bits per heavy atom. The highest BCUT2D eigenvalue weighted by molar-refractivity contribution is 7.92. The number of nitrogens with zero attached hydrogens (tertiary/aromatic N) is 2. The molecule has 1 aromatic heterocycles. The van der Waals surface area contributed by atoms with Gasteiger partial charge in [-0.15, -0.1) is 0 Å². The third-order valence-corrected chi connectivity index (χ3v) is 8.02. The second kappa shape index (κ2) is 7.03. The van der Waals surface area contributed by atoms with Crippen molar-refractivity contribution >= 4 is 21.6 Å². The maximum absolute atomic E-state index is 12.8. The molecular formula is C20H25N3O3S. The zero-order valence-electron chi connectivity index (χ0n) is 15.5. The predicted molar refractivity (Wildman–Crippen MR) is 104 cm³/mol. The first kappa shape index (κ1) is 18.1. The minimum atomic E-state index is -3.33. The van der Waals surface area contributed by atoms with Crippen LogP contribution in [0.3, 0.4) is 0 Å². The van der Waals surface area contributed by atoms with Crippen LogP contribution in [0.25, 0.3) is 0 Å². The molecule has 1 saturated carbocycles. The van der Waals surface area contributed by atoms with Gasteiger partial charge >= 0.3 is 6.03 Å². The Labute approximate surface area is 160 Å². The van der Waals surface area contributed by atoms with Crippen molar-refractivity contribution in [3.8, 4) is 0 Å². The van der Waals surface area contributed by atoms with Crippen LogP contribution in [0.2, 0.25) is 0 Å². The molecule has 1 aromatic carbocycles. The lowest BCUT2D eigenvalue weighted by Gasteiger charge is -2.34. The molecule has 0 radical (unpaired) electrons. The quantitative estimate of drug-likeness (QED) is 0.870. The third-order valence-electron chi connectivity index (χ3n) is 5.76. The SMILES string of the molecule is C[C@@H]1c2cccn2CCN1C(=O)Nc1cccc(S(=O)(=O)C2CCCC2)c1. The number of urea groups is 1. The average Bonchev–Trinajstić information content (AvgIpc) is 3.34. The van der Waals surface area contributed by atoms with Crippen molar-refractivity contribution in [1.29, 1.82) is 0 Å². The maximum atomic E-state index is 12.8. The lowest BCUT2D eigenvalue weighted by molar-refractivity contribution is 0.175. The van der Waals surface area contributed by atoms with Crippen molar-refractivity contribution in [3.63, 3.8) is 0 Å². The molecule has 7 heteroatoms. The fourth-order valence-corrected chi connectivity index (χ4v) is 6.09. The summed E-state index contributed by atoms with van der Waals surface area (Å²) >= 11 is 0. The lowest BCUT2D eigenvalue weighted by Crippen LogP contribution is -2.43. The monoisotopic (exact) mass is 387 g/mol. The molecule has 2 aromatic rings. The van der Waals surface area contributed by atoms with E-state index in [1.807, 2.05) is 25.3 Å². The van der Waals surface area contributed by atoms with Gasteiger partial charge in [0.2, 0.25) is 0 Å². The minimum absolute atomic E-state index is 0.0286. The van der Waals surface area contributed by atoms with E-state index in [0.29, 0.717) is 17.1 Å². The molecule has 2 heterocycles. The van der Waals surface area contributed by atoms with E-state index >= 15 is 0 Å². The van der Waals surface area contributed by atoms with E-state index in [0.717, 1.165) is 37.9 Å². The van der Waals surface area contributed by atoms with Crippen LogP contribution in [-0.4, -0.2) is 35.7 Å². The Hall–Kier alpha value is -2.28. The van der Waals surface area contributed by atoms with Crippen molar-refractivity contribution in [2.75, 3.05) is 11.9 Å². The van der Waals surface area contributed by atoms with Gasteiger partial charge in [-0.25, -0.2) is 13.2 Å². The zero-order chi connectivity index (χ0) is 19.0. The number of hydrogen-bond acceptors (Lipinski definition) is 3. The smallest absolute Gasteiger partial charge is 0.322 e. The number of sulfone groups is 1. The Kier molecular flexibility index (Phi) is 4.72. The summed E-state index contributed by atoms with van der Waals surface area (Å²) in [6.45, 7) is 3.39. The average molecular weight is 388 g/mol. The molecule has 0 unspecified atom stereocenters. The highest BCUT2D eigenvalue weighted by Gasteiger charge is 2.31. The van der Waals surface area contributed by atoms with Crippen molar-refractivity contribution in [1.82, 2.24) is 9.47 Å². The van der Waals surface area contributed by atoms with Crippen LogP contribution in [0, 0.1) is 0 Å². The van der Waals surface area contributed by atoms with Gasteiger partial charge in [-0.3, -0.25) is 0 Å². The van der Waals surface area contributed by atoms with Crippen LogP contribution in [-0.2, 0) is 16.4 Å². The number of carbonyl (C=O) groups excluding carboxylic acids is 1. The van der Waals surface area contributed by atoms with Gasteiger partial charge in [0.1, 0.15) is 0 Å². The highest BCUT2D eigenvalue weighted by Crippen LogP contribution is 2.31. The van der Waals surface area contributed by atoms with Crippen LogP contribution >= 0.6 is 0 Å². The van der Waals surface area contributed by atoms with Gasteiger partial charge in [-0.05, 0) is 50.1 Å². The van der Waals surface area contributed by atoms with E-state index in [4.69, 9.17) is 0 Å². The number of rotatable bonds is 3. The number of anilines is 1. The first-order valence-electron chi connectivity index (χ1n) is 9.53. The molecule has 1 aliphatic heterocycles. The molecule has 1 N–H and O–H groups in total. The number of fused-ring (bicyclic) bond motifs is 1. The summed E-state index contributed by atoms with van der Waals surface area (Å²) in [5.74, 6) is 0. The number of nitrogens with one attached hydrogen (secondary N) is 1. The molecule has 2 amide bonds. The first-order valence-corrected chi connectivity index (χ1v) is 11.1. The summed E-state index contributed by atoms with van der Waals surface area (Å²) in [4.78, 5) is 14.9. The number of amides is 2. The molecule has 4 rings (SSSR count). The fourth-order valence-electron chi connectivity index (χ4n) is 4.19. The topological polar surface area (TPSA) is 71.4 Å². The van der Waals surface area contributed by atoms with Crippen molar-refractivity contribution in [2.24, 2.45) is 0 Å². The zero-order valence-corrected chi connectivity index (χ0v) is 16.3. The van der Waals surface area contributed by atoms with Gasteiger partial charge in [0.25, 0.3) is 0 Å². The van der Waals surface area contributed by atoms with Crippen molar-refractivity contribution in [3.05, 3.63) is 48.3 Å². The predicted octanol–water partition coefficient (Wildman–Crippen LogP) is 3.81. The van der Waals surface area contributed by atoms with Gasteiger partial charge in [0.05, 0.1) is 16.2 Å². The maximum Gasteiger partial charge on any atom is 0.322 e. The van der Waals surface area contributed by atoms with Crippen LogP contribution in [0.1, 0.15) is 44.3 Å². The van der Waals surface area contributed by atoms with Crippen LogP contribution in [0.4, 0.5) is 10.5 Å². The summed E-state index contributed by atoms with van der Waals surface area (Å²) in [6, 6.07) is 10.4. The highest BCUT2D eigenvalue weighted by atomic mass is 32.2. The van der Waals surface area contributed by atoms with Gasteiger partial charge in [0, 0.05) is 30.7 Å². The second-order valence-electron chi connectivity index (χ2n) is 7.41. The molecule has 144 valence electrons. The Morgan fingerprint density at radius 1 is 1.11 bits per heavy atom. The number of hydrogen-bond donors (Lipinski definition) is 1.